The Morgan fingerprint density at radius 1 is 1.50 bits per heavy atom. The van der Waals surface area contributed by atoms with Crippen LogP contribution in [0, 0.1) is 5.92 Å². The summed E-state index contributed by atoms with van der Waals surface area (Å²) in [4.78, 5) is 27.2. The average molecular weight is 342 g/mol. The zero-order valence-electron chi connectivity index (χ0n) is 11.0. The number of pyridine rings is 1. The lowest BCUT2D eigenvalue weighted by Crippen LogP contribution is -2.56. The Morgan fingerprint density at radius 2 is 2.20 bits per heavy atom. The third-order valence-electron chi connectivity index (χ3n) is 3.43. The molecule has 20 heavy (non-hydrogen) atoms. The molecule has 1 atom stereocenters. The van der Waals surface area contributed by atoms with Crippen molar-refractivity contribution in [2.45, 2.75) is 31.8 Å². The third-order valence-corrected chi connectivity index (χ3v) is 3.90. The van der Waals surface area contributed by atoms with Gasteiger partial charge in [-0.05, 0) is 53.7 Å². The number of carbonyl (C=O) groups excluding carboxylic acids is 1. The predicted molar refractivity (Wildman–Crippen MR) is 76.1 cm³/mol. The van der Waals surface area contributed by atoms with Crippen molar-refractivity contribution < 1.29 is 14.7 Å². The van der Waals surface area contributed by atoms with Crippen molar-refractivity contribution in [2.75, 3.05) is 0 Å². The van der Waals surface area contributed by atoms with E-state index in [2.05, 4.69) is 31.5 Å². The predicted octanol–water partition coefficient (Wildman–Crippen LogP) is 1.90. The Labute approximate surface area is 125 Å². The lowest BCUT2D eigenvalue weighted by molar-refractivity contribution is -0.144. The molecule has 6 nitrogen and oxygen atoms in total. The van der Waals surface area contributed by atoms with Gasteiger partial charge in [0.2, 0.25) is 0 Å². The van der Waals surface area contributed by atoms with Gasteiger partial charge in [0.15, 0.2) is 0 Å². The molecule has 0 bridgehead atoms. The molecule has 2 amide bonds. The first kappa shape index (κ1) is 14.8. The van der Waals surface area contributed by atoms with Crippen LogP contribution < -0.4 is 10.6 Å². The number of nitrogens with one attached hydrogen (secondary N) is 2. The maximum absolute atomic E-state index is 11.8. The van der Waals surface area contributed by atoms with Crippen molar-refractivity contribution in [1.29, 1.82) is 0 Å². The van der Waals surface area contributed by atoms with Gasteiger partial charge in [-0.25, -0.2) is 9.59 Å². The minimum absolute atomic E-state index is 0.0107. The number of carboxylic acids is 1. The lowest BCUT2D eigenvalue weighted by atomic mass is 9.96. The smallest absolute Gasteiger partial charge is 0.329 e. The van der Waals surface area contributed by atoms with Crippen LogP contribution in [0.2, 0.25) is 0 Å². The number of hydrogen-bond donors (Lipinski definition) is 3. The minimum atomic E-state index is -1.20. The van der Waals surface area contributed by atoms with Crippen LogP contribution in [0.25, 0.3) is 0 Å². The molecule has 1 aliphatic rings. The first-order valence-corrected chi connectivity index (χ1v) is 7.11. The summed E-state index contributed by atoms with van der Waals surface area (Å²) in [5.41, 5.74) is -0.496. The van der Waals surface area contributed by atoms with Gasteiger partial charge >= 0.3 is 12.0 Å². The van der Waals surface area contributed by atoms with Crippen molar-refractivity contribution in [1.82, 2.24) is 15.6 Å². The lowest BCUT2D eigenvalue weighted by Gasteiger charge is -2.26. The Balaban J connectivity index is 1.88. The Kier molecular flexibility index (Phi) is 4.27. The molecule has 1 aromatic heterocycles. The monoisotopic (exact) mass is 341 g/mol. The minimum Gasteiger partial charge on any atom is -0.480 e. The van der Waals surface area contributed by atoms with Crippen molar-refractivity contribution in [3.63, 3.8) is 0 Å². The highest BCUT2D eigenvalue weighted by atomic mass is 79.9. The van der Waals surface area contributed by atoms with Gasteiger partial charge in [-0.3, -0.25) is 4.98 Å². The van der Waals surface area contributed by atoms with Gasteiger partial charge in [0.1, 0.15) is 5.54 Å². The van der Waals surface area contributed by atoms with Gasteiger partial charge in [-0.2, -0.15) is 0 Å². The van der Waals surface area contributed by atoms with Crippen LogP contribution in [0.15, 0.2) is 22.8 Å². The van der Waals surface area contributed by atoms with E-state index >= 15 is 0 Å². The second-order valence-electron chi connectivity index (χ2n) is 5.06. The summed E-state index contributed by atoms with van der Waals surface area (Å²) in [6, 6.07) is 3.11. The van der Waals surface area contributed by atoms with E-state index in [9.17, 15) is 14.7 Å². The number of nitrogens with zero attached hydrogens (tertiary/aromatic N) is 1. The molecule has 1 saturated carbocycles. The van der Waals surface area contributed by atoms with E-state index in [1.54, 1.807) is 19.2 Å². The first-order valence-electron chi connectivity index (χ1n) is 6.31. The Bertz CT molecular complexity index is 516. The first-order chi connectivity index (χ1) is 9.41. The number of aromatic nitrogens is 1. The molecule has 1 heterocycles. The molecule has 0 saturated heterocycles. The van der Waals surface area contributed by atoms with Gasteiger partial charge in [0, 0.05) is 10.7 Å². The van der Waals surface area contributed by atoms with Crippen LogP contribution in [0.5, 0.6) is 0 Å². The van der Waals surface area contributed by atoms with Crippen LogP contribution in [0.1, 0.15) is 25.5 Å². The van der Waals surface area contributed by atoms with Gasteiger partial charge in [0.25, 0.3) is 0 Å². The van der Waals surface area contributed by atoms with Crippen LogP contribution in [0.4, 0.5) is 4.79 Å². The van der Waals surface area contributed by atoms with Gasteiger partial charge < -0.3 is 15.7 Å². The molecule has 2 rings (SSSR count). The summed E-state index contributed by atoms with van der Waals surface area (Å²) in [7, 11) is 0. The zero-order chi connectivity index (χ0) is 14.8. The molecule has 1 aromatic rings. The zero-order valence-corrected chi connectivity index (χ0v) is 12.6. The van der Waals surface area contributed by atoms with Crippen molar-refractivity contribution >= 4 is 27.9 Å². The van der Waals surface area contributed by atoms with Crippen LogP contribution >= 0.6 is 15.9 Å². The van der Waals surface area contributed by atoms with E-state index in [1.165, 1.54) is 0 Å². The highest BCUT2D eigenvalue weighted by molar-refractivity contribution is 9.10. The van der Waals surface area contributed by atoms with Gasteiger partial charge in [0.05, 0.1) is 12.2 Å². The maximum atomic E-state index is 11.8. The van der Waals surface area contributed by atoms with Crippen molar-refractivity contribution in [2.24, 2.45) is 5.92 Å². The van der Waals surface area contributed by atoms with Crippen molar-refractivity contribution in [3.05, 3.63) is 28.5 Å². The molecule has 7 heteroatoms. The van der Waals surface area contributed by atoms with Gasteiger partial charge in [-0.1, -0.05) is 0 Å². The number of carboxylic acid groups (broad SMARTS) is 1. The standard InChI is InChI=1S/C13H16BrN3O3/c1-13(11(18)19,8-2-3-8)17-12(20)16-7-10-5-4-9(14)6-15-10/h4-6,8H,2-3,7H2,1H3,(H,18,19)(H2,16,17,20). The van der Waals surface area contributed by atoms with E-state index in [0.717, 1.165) is 17.3 Å². The molecular weight excluding hydrogens is 326 g/mol. The molecule has 0 aliphatic heterocycles. The summed E-state index contributed by atoms with van der Waals surface area (Å²) < 4.78 is 0.859. The second kappa shape index (κ2) is 5.78. The van der Waals surface area contributed by atoms with E-state index in [0.29, 0.717) is 5.69 Å². The molecule has 1 fully saturated rings. The average Bonchev–Trinajstić information content (AvgIpc) is 3.22. The second-order valence-corrected chi connectivity index (χ2v) is 5.97. The molecule has 1 aliphatic carbocycles. The van der Waals surface area contributed by atoms with Crippen LogP contribution in [0.3, 0.4) is 0 Å². The van der Waals surface area contributed by atoms with E-state index in [-0.39, 0.29) is 12.5 Å². The molecule has 0 spiro atoms. The SMILES string of the molecule is CC(NC(=O)NCc1ccc(Br)cn1)(C(=O)O)C1CC1. The molecule has 3 N–H and O–H groups in total. The summed E-state index contributed by atoms with van der Waals surface area (Å²) in [5.74, 6) is -0.992. The summed E-state index contributed by atoms with van der Waals surface area (Å²) in [6.45, 7) is 1.80. The Morgan fingerprint density at radius 3 is 2.70 bits per heavy atom. The van der Waals surface area contributed by atoms with Crippen molar-refractivity contribution in [3.8, 4) is 0 Å². The molecule has 108 valence electrons. The number of urea groups is 1. The number of halogens is 1. The molecule has 0 radical (unpaired) electrons. The number of carbonyl (C=O) groups is 2. The molecular formula is C13H16BrN3O3. The Hall–Kier alpha value is -1.63. The van der Waals surface area contributed by atoms with Gasteiger partial charge in [-0.15, -0.1) is 0 Å². The number of aliphatic carboxylic acids is 1. The highest BCUT2D eigenvalue weighted by Crippen LogP contribution is 2.39. The molecule has 1 unspecified atom stereocenters. The largest absolute Gasteiger partial charge is 0.480 e. The summed E-state index contributed by atoms with van der Waals surface area (Å²) >= 11 is 3.28. The fraction of sp³-hybridized carbons (Fsp3) is 0.462. The van der Waals surface area contributed by atoms with E-state index < -0.39 is 17.5 Å². The summed E-state index contributed by atoms with van der Waals surface area (Å²) in [5, 5.41) is 14.4. The molecule has 0 aromatic carbocycles. The third kappa shape index (κ3) is 3.47. The quantitative estimate of drug-likeness (QED) is 0.762. The van der Waals surface area contributed by atoms with Crippen LogP contribution in [-0.2, 0) is 11.3 Å². The summed E-state index contributed by atoms with van der Waals surface area (Å²) in [6.07, 6.45) is 3.30. The van der Waals surface area contributed by atoms with E-state index in [4.69, 9.17) is 0 Å². The number of hydrogen-bond acceptors (Lipinski definition) is 3. The highest BCUT2D eigenvalue weighted by Gasteiger charge is 2.48. The fourth-order valence-electron chi connectivity index (χ4n) is 1.95. The number of rotatable bonds is 5. The van der Waals surface area contributed by atoms with E-state index in [1.807, 2.05) is 6.07 Å². The number of amides is 2. The topological polar surface area (TPSA) is 91.3 Å². The van der Waals surface area contributed by atoms with Crippen LogP contribution in [-0.4, -0.2) is 27.6 Å². The fourth-order valence-corrected chi connectivity index (χ4v) is 2.19. The normalized spacial score (nSPS) is 17.1. The maximum Gasteiger partial charge on any atom is 0.329 e.